The molecule has 0 unspecified atom stereocenters. The maximum absolute atomic E-state index is 6.09. The molecule has 4 aromatic rings. The number of pyridine rings is 1. The largest absolute Gasteiger partial charge is 0.350 e. The van der Waals surface area contributed by atoms with Crippen LogP contribution in [-0.2, 0) is 6.54 Å². The molecule has 0 bridgehead atoms. The molecule has 0 spiro atoms. The fourth-order valence-electron chi connectivity index (χ4n) is 3.19. The zero-order chi connectivity index (χ0) is 21.8. The predicted octanol–water partition coefficient (Wildman–Crippen LogP) is 5.05. The van der Waals surface area contributed by atoms with Crippen molar-refractivity contribution in [2.24, 2.45) is 0 Å². The summed E-state index contributed by atoms with van der Waals surface area (Å²) in [5, 5.41) is 14.5. The molecular weight excluding hydrogens is 424 g/mol. The highest BCUT2D eigenvalue weighted by Gasteiger charge is 2.25. The van der Waals surface area contributed by atoms with E-state index in [1.165, 1.54) is 12.8 Å². The summed E-state index contributed by atoms with van der Waals surface area (Å²) in [6.07, 6.45) is 9.69. The molecule has 3 aromatic heterocycles. The highest BCUT2D eigenvalue weighted by molar-refractivity contribution is 6.30. The number of H-pyrrole nitrogens is 1. The molecule has 0 atom stereocenters. The minimum atomic E-state index is 0.410. The fourth-order valence-corrected chi connectivity index (χ4v) is 3.38. The van der Waals surface area contributed by atoms with Crippen molar-refractivity contribution in [3.8, 4) is 0 Å². The number of aromatic nitrogens is 6. The molecule has 1 aromatic carbocycles. The Morgan fingerprint density at radius 1 is 1.03 bits per heavy atom. The van der Waals surface area contributed by atoms with Crippen molar-refractivity contribution >= 4 is 41.5 Å². The smallest absolute Gasteiger partial charge is 0.233 e. The highest BCUT2D eigenvalue weighted by atomic mass is 35.5. The Bertz CT molecular complexity index is 1230. The van der Waals surface area contributed by atoms with Gasteiger partial charge in [-0.1, -0.05) is 35.9 Å². The summed E-state index contributed by atoms with van der Waals surface area (Å²) in [6, 6.07) is 13.5. The number of halogens is 1. The van der Waals surface area contributed by atoms with Gasteiger partial charge in [-0.15, -0.1) is 0 Å². The van der Waals surface area contributed by atoms with Crippen molar-refractivity contribution < 1.29 is 0 Å². The van der Waals surface area contributed by atoms with Crippen molar-refractivity contribution in [1.29, 1.82) is 0 Å². The normalized spacial score (nSPS) is 13.4. The van der Waals surface area contributed by atoms with E-state index in [1.54, 1.807) is 12.4 Å². The number of benzene rings is 1. The lowest BCUT2D eigenvalue weighted by Gasteiger charge is -2.08. The van der Waals surface area contributed by atoms with Gasteiger partial charge in [0.15, 0.2) is 11.6 Å². The van der Waals surface area contributed by atoms with Crippen LogP contribution in [0.3, 0.4) is 0 Å². The highest BCUT2D eigenvalue weighted by Crippen LogP contribution is 2.39. The SMILES string of the molecule is Clc1cccc(/C=C/c2nc(NCc3cccnc3)nc(Nc3cc(C4CC4)[nH]n3)n2)c1. The molecule has 0 saturated heterocycles. The van der Waals surface area contributed by atoms with Crippen LogP contribution in [-0.4, -0.2) is 30.1 Å². The van der Waals surface area contributed by atoms with Gasteiger partial charge in [-0.25, -0.2) is 0 Å². The minimum absolute atomic E-state index is 0.410. The van der Waals surface area contributed by atoms with Gasteiger partial charge in [0.25, 0.3) is 0 Å². The third kappa shape index (κ3) is 5.28. The number of hydrogen-bond acceptors (Lipinski definition) is 7. The van der Waals surface area contributed by atoms with E-state index in [1.807, 2.05) is 54.6 Å². The van der Waals surface area contributed by atoms with Gasteiger partial charge in [0, 0.05) is 41.6 Å². The van der Waals surface area contributed by atoms with Gasteiger partial charge in [0.05, 0.1) is 0 Å². The summed E-state index contributed by atoms with van der Waals surface area (Å²) in [4.78, 5) is 17.7. The predicted molar refractivity (Wildman–Crippen MR) is 126 cm³/mol. The molecule has 0 radical (unpaired) electrons. The first-order valence-corrected chi connectivity index (χ1v) is 10.7. The van der Waals surface area contributed by atoms with E-state index < -0.39 is 0 Å². The fraction of sp³-hybridized carbons (Fsp3) is 0.174. The summed E-state index contributed by atoms with van der Waals surface area (Å²) >= 11 is 6.09. The van der Waals surface area contributed by atoms with Crippen LogP contribution in [0.5, 0.6) is 0 Å². The van der Waals surface area contributed by atoms with Crippen LogP contribution in [0, 0.1) is 0 Å². The topological polar surface area (TPSA) is 104 Å². The molecule has 9 heteroatoms. The number of nitrogens with one attached hydrogen (secondary N) is 3. The molecule has 32 heavy (non-hydrogen) atoms. The number of nitrogens with zero attached hydrogens (tertiary/aromatic N) is 5. The molecule has 1 saturated carbocycles. The van der Waals surface area contributed by atoms with Crippen LogP contribution in [0.15, 0.2) is 54.9 Å². The van der Waals surface area contributed by atoms with Crippen LogP contribution in [0.1, 0.15) is 41.4 Å². The van der Waals surface area contributed by atoms with Gasteiger partial charge < -0.3 is 10.6 Å². The number of anilines is 3. The van der Waals surface area contributed by atoms with E-state index in [-0.39, 0.29) is 0 Å². The molecule has 1 fully saturated rings. The van der Waals surface area contributed by atoms with Gasteiger partial charge in [-0.05, 0) is 48.2 Å². The van der Waals surface area contributed by atoms with E-state index in [9.17, 15) is 0 Å². The van der Waals surface area contributed by atoms with Crippen LogP contribution < -0.4 is 10.6 Å². The zero-order valence-electron chi connectivity index (χ0n) is 17.2. The van der Waals surface area contributed by atoms with E-state index in [0.29, 0.717) is 41.0 Å². The molecule has 160 valence electrons. The van der Waals surface area contributed by atoms with E-state index >= 15 is 0 Å². The summed E-state index contributed by atoms with van der Waals surface area (Å²) in [6.45, 7) is 0.545. The van der Waals surface area contributed by atoms with Crippen LogP contribution in [0.25, 0.3) is 12.2 Å². The Labute approximate surface area is 190 Å². The zero-order valence-corrected chi connectivity index (χ0v) is 17.9. The lowest BCUT2D eigenvalue weighted by Crippen LogP contribution is -2.08. The Hall–Kier alpha value is -3.78. The maximum Gasteiger partial charge on any atom is 0.233 e. The monoisotopic (exact) mass is 444 g/mol. The molecule has 1 aliphatic carbocycles. The Kier molecular flexibility index (Phi) is 5.76. The maximum atomic E-state index is 6.09. The second-order valence-electron chi connectivity index (χ2n) is 7.55. The average molecular weight is 445 g/mol. The summed E-state index contributed by atoms with van der Waals surface area (Å²) in [7, 11) is 0. The molecule has 0 amide bonds. The number of rotatable bonds is 8. The second kappa shape index (κ2) is 9.15. The van der Waals surface area contributed by atoms with E-state index in [0.717, 1.165) is 16.8 Å². The van der Waals surface area contributed by atoms with Crippen LogP contribution in [0.2, 0.25) is 5.02 Å². The molecular formula is C23H21ClN8. The molecule has 3 N–H and O–H groups in total. The Morgan fingerprint density at radius 3 is 2.75 bits per heavy atom. The van der Waals surface area contributed by atoms with Gasteiger partial charge in [0.2, 0.25) is 11.9 Å². The molecule has 8 nitrogen and oxygen atoms in total. The average Bonchev–Trinajstić information content (AvgIpc) is 3.56. The standard InChI is InChI=1S/C23H21ClN8/c24-18-5-1-3-15(11-18)6-9-20-27-22(26-14-16-4-2-10-25-13-16)30-23(28-20)29-21-12-19(31-32-21)17-7-8-17/h1-6,9-13,17H,7-8,14H2,(H3,26,27,28,29,30,31,32)/b9-6+. The quantitative estimate of drug-likeness (QED) is 0.349. The van der Waals surface area contributed by atoms with Crippen LogP contribution in [0.4, 0.5) is 17.7 Å². The van der Waals surface area contributed by atoms with E-state index in [4.69, 9.17) is 11.6 Å². The minimum Gasteiger partial charge on any atom is -0.350 e. The van der Waals surface area contributed by atoms with Crippen LogP contribution >= 0.6 is 11.6 Å². The Morgan fingerprint density at radius 2 is 1.94 bits per heavy atom. The van der Waals surface area contributed by atoms with Gasteiger partial charge in [0.1, 0.15) is 0 Å². The molecule has 0 aliphatic heterocycles. The van der Waals surface area contributed by atoms with Crippen molar-refractivity contribution in [3.63, 3.8) is 0 Å². The Balaban J connectivity index is 1.39. The molecule has 1 aliphatic rings. The van der Waals surface area contributed by atoms with E-state index in [2.05, 4.69) is 40.8 Å². The van der Waals surface area contributed by atoms with Crippen molar-refractivity contribution in [1.82, 2.24) is 30.1 Å². The van der Waals surface area contributed by atoms with Crippen molar-refractivity contribution in [3.05, 3.63) is 82.5 Å². The first-order chi connectivity index (χ1) is 15.7. The number of hydrogen-bond donors (Lipinski definition) is 3. The van der Waals surface area contributed by atoms with Crippen molar-refractivity contribution in [2.75, 3.05) is 10.6 Å². The van der Waals surface area contributed by atoms with Gasteiger partial charge in [-0.2, -0.15) is 20.1 Å². The summed E-state index contributed by atoms with van der Waals surface area (Å²) < 4.78 is 0. The van der Waals surface area contributed by atoms with Gasteiger partial charge in [-0.3, -0.25) is 10.1 Å². The third-order valence-corrected chi connectivity index (χ3v) is 5.19. The summed E-state index contributed by atoms with van der Waals surface area (Å²) in [5.74, 6) is 2.64. The first kappa shape index (κ1) is 20.1. The lowest BCUT2D eigenvalue weighted by molar-refractivity contribution is 0.961. The number of aromatic amines is 1. The summed E-state index contributed by atoms with van der Waals surface area (Å²) in [5.41, 5.74) is 3.12. The molecule has 3 heterocycles. The third-order valence-electron chi connectivity index (χ3n) is 4.95. The van der Waals surface area contributed by atoms with Gasteiger partial charge >= 0.3 is 0 Å². The first-order valence-electron chi connectivity index (χ1n) is 10.4. The van der Waals surface area contributed by atoms with Crippen molar-refractivity contribution in [2.45, 2.75) is 25.3 Å². The molecule has 5 rings (SSSR count). The lowest BCUT2D eigenvalue weighted by atomic mass is 10.2. The second-order valence-corrected chi connectivity index (χ2v) is 7.99.